The van der Waals surface area contributed by atoms with Crippen molar-refractivity contribution >= 4 is 39.5 Å². The molecule has 0 saturated carbocycles. The Balaban J connectivity index is 1.37. The van der Waals surface area contributed by atoms with Gasteiger partial charge in [-0.05, 0) is 65.4 Å². The molecule has 242 valence electrons. The summed E-state index contributed by atoms with van der Waals surface area (Å²) in [4.78, 5) is 29.3. The normalized spacial score (nSPS) is 15.0. The lowest BCUT2D eigenvalue weighted by Crippen LogP contribution is -2.49. The van der Waals surface area contributed by atoms with Gasteiger partial charge in [-0.1, -0.05) is 98.3 Å². The number of rotatable bonds is 15. The van der Waals surface area contributed by atoms with Gasteiger partial charge in [-0.25, -0.2) is 0 Å². The van der Waals surface area contributed by atoms with Crippen molar-refractivity contribution in [2.45, 2.75) is 64.1 Å². The van der Waals surface area contributed by atoms with Gasteiger partial charge in [-0.2, -0.15) is 0 Å². The molecule has 3 atom stereocenters. The third kappa shape index (κ3) is 8.81. The first-order valence-corrected chi connectivity index (χ1v) is 17.2. The van der Waals surface area contributed by atoms with E-state index in [2.05, 4.69) is 29.7 Å². The van der Waals surface area contributed by atoms with Crippen LogP contribution >= 0.6 is 0 Å². The third-order valence-corrected chi connectivity index (χ3v) is 9.33. The van der Waals surface area contributed by atoms with Crippen LogP contribution in [-0.4, -0.2) is 51.2 Å². The van der Waals surface area contributed by atoms with Crippen molar-refractivity contribution in [3.05, 3.63) is 114 Å². The zero-order valence-corrected chi connectivity index (χ0v) is 27.2. The Kier molecular flexibility index (Phi) is 11.9. The lowest BCUT2D eigenvalue weighted by molar-refractivity contribution is -0.135. The van der Waals surface area contributed by atoms with Crippen LogP contribution < -0.4 is 14.9 Å². The number of unbranched alkanes of at least 4 members (excludes halogenated alkanes) is 1. The molecule has 1 fully saturated rings. The Morgan fingerprint density at radius 1 is 0.891 bits per heavy atom. The Bertz CT molecular complexity index is 1610. The van der Waals surface area contributed by atoms with Crippen LogP contribution in [0.1, 0.15) is 61.8 Å². The highest BCUT2D eigenvalue weighted by Crippen LogP contribution is 2.33. The Hall–Kier alpha value is -4.05. The first kappa shape index (κ1) is 33.3. The standard InChI is InChI=1S/C37H44N4O4S/c1-2-3-21-38-27-29-17-15-28(16-18-29)24-34(37(43)40-22-9-10-23-40)39-36(42)26-35(31-12-5-4-6-13-31)41(46(44)45)33-20-19-30-11-7-8-14-32(30)25-33/h4-8,11-20,25,34-35,38H,2-3,9-10,21-24,26-27H2,1H3,(H,39,42)(H,44,45)/p-1. The molecule has 0 spiro atoms. The van der Waals surface area contributed by atoms with Crippen LogP contribution in [-0.2, 0) is 33.8 Å². The lowest BCUT2D eigenvalue weighted by atomic mass is 10.0. The second-order valence-electron chi connectivity index (χ2n) is 11.9. The smallest absolute Gasteiger partial charge is 0.245 e. The fourth-order valence-electron chi connectivity index (χ4n) is 6.05. The molecule has 0 radical (unpaired) electrons. The van der Waals surface area contributed by atoms with E-state index in [4.69, 9.17) is 0 Å². The summed E-state index contributed by atoms with van der Waals surface area (Å²) < 4.78 is 26.9. The molecule has 2 amide bonds. The van der Waals surface area contributed by atoms with Crippen molar-refractivity contribution in [2.24, 2.45) is 0 Å². The predicted octanol–water partition coefficient (Wildman–Crippen LogP) is 5.81. The molecule has 9 heteroatoms. The molecule has 0 bridgehead atoms. The lowest BCUT2D eigenvalue weighted by Gasteiger charge is -2.35. The zero-order chi connectivity index (χ0) is 32.3. The van der Waals surface area contributed by atoms with E-state index in [1.807, 2.05) is 83.8 Å². The number of likely N-dealkylation sites (tertiary alicyclic amines) is 1. The third-order valence-electron chi connectivity index (χ3n) is 8.54. The molecule has 8 nitrogen and oxygen atoms in total. The topological polar surface area (TPSA) is 105 Å². The van der Waals surface area contributed by atoms with Gasteiger partial charge in [0.2, 0.25) is 11.8 Å². The molecule has 46 heavy (non-hydrogen) atoms. The molecule has 4 aromatic rings. The second-order valence-corrected chi connectivity index (χ2v) is 12.7. The van der Waals surface area contributed by atoms with Gasteiger partial charge in [0.05, 0.1) is 12.5 Å². The maximum atomic E-state index is 13.8. The van der Waals surface area contributed by atoms with Crippen molar-refractivity contribution < 1.29 is 18.4 Å². The minimum absolute atomic E-state index is 0.105. The number of nitrogens with one attached hydrogen (secondary N) is 2. The van der Waals surface area contributed by atoms with Crippen LogP contribution in [0, 0.1) is 0 Å². The summed E-state index contributed by atoms with van der Waals surface area (Å²) in [5.74, 6) is -0.495. The van der Waals surface area contributed by atoms with Crippen LogP contribution in [0.5, 0.6) is 0 Å². The van der Waals surface area contributed by atoms with E-state index >= 15 is 0 Å². The van der Waals surface area contributed by atoms with Gasteiger partial charge in [0.1, 0.15) is 6.04 Å². The molecular weight excluding hydrogens is 596 g/mol. The second kappa shape index (κ2) is 16.5. The van der Waals surface area contributed by atoms with Crippen LogP contribution in [0.25, 0.3) is 10.8 Å². The average molecular weight is 640 g/mol. The molecule has 2 N–H and O–H groups in total. The van der Waals surface area contributed by atoms with E-state index < -0.39 is 23.4 Å². The first-order chi connectivity index (χ1) is 22.4. The minimum Gasteiger partial charge on any atom is -0.755 e. The monoisotopic (exact) mass is 639 g/mol. The van der Waals surface area contributed by atoms with Crippen molar-refractivity contribution in [3.8, 4) is 0 Å². The van der Waals surface area contributed by atoms with Gasteiger partial charge in [0.15, 0.2) is 0 Å². The van der Waals surface area contributed by atoms with E-state index in [0.717, 1.165) is 60.7 Å². The van der Waals surface area contributed by atoms with E-state index in [1.54, 1.807) is 6.07 Å². The SMILES string of the molecule is CCCCNCc1ccc(CC(NC(=O)CC(c2ccccc2)N(c2ccc3ccccc3c2)S(=O)[O-])C(=O)N2CCCC2)cc1. The Morgan fingerprint density at radius 3 is 2.26 bits per heavy atom. The molecule has 3 unspecified atom stereocenters. The maximum absolute atomic E-state index is 13.8. The minimum atomic E-state index is -2.68. The highest BCUT2D eigenvalue weighted by molar-refractivity contribution is 7.80. The van der Waals surface area contributed by atoms with Crippen molar-refractivity contribution in [3.63, 3.8) is 0 Å². The summed E-state index contributed by atoms with van der Waals surface area (Å²) in [5.41, 5.74) is 3.26. The van der Waals surface area contributed by atoms with Crippen LogP contribution in [0.2, 0.25) is 0 Å². The fourth-order valence-corrected chi connectivity index (χ4v) is 6.74. The summed E-state index contributed by atoms with van der Waals surface area (Å²) in [7, 11) is 0. The average Bonchev–Trinajstić information content (AvgIpc) is 3.62. The van der Waals surface area contributed by atoms with Crippen molar-refractivity contribution in [2.75, 3.05) is 23.9 Å². The number of hydrogen-bond acceptors (Lipinski definition) is 5. The molecule has 1 aliphatic heterocycles. The molecule has 1 aliphatic rings. The van der Waals surface area contributed by atoms with Gasteiger partial charge in [0, 0.05) is 43.0 Å². The maximum Gasteiger partial charge on any atom is 0.245 e. The number of benzene rings is 4. The van der Waals surface area contributed by atoms with E-state index in [1.165, 1.54) is 4.31 Å². The number of carbonyl (C=O) groups is 2. The van der Waals surface area contributed by atoms with Crippen molar-refractivity contribution in [1.82, 2.24) is 15.5 Å². The van der Waals surface area contributed by atoms with Crippen LogP contribution in [0.4, 0.5) is 5.69 Å². The molecular formula is C37H43N4O4S-. The van der Waals surface area contributed by atoms with Gasteiger partial charge in [-0.15, -0.1) is 0 Å². The van der Waals surface area contributed by atoms with E-state index in [9.17, 15) is 18.4 Å². The Morgan fingerprint density at radius 2 is 1.57 bits per heavy atom. The number of amides is 2. The molecule has 5 rings (SSSR count). The van der Waals surface area contributed by atoms with E-state index in [-0.39, 0.29) is 18.2 Å². The zero-order valence-electron chi connectivity index (χ0n) is 26.4. The highest BCUT2D eigenvalue weighted by Gasteiger charge is 2.31. The number of hydrogen-bond donors (Lipinski definition) is 2. The molecule has 1 saturated heterocycles. The summed E-state index contributed by atoms with van der Waals surface area (Å²) in [6.45, 7) is 5.26. The number of carbonyl (C=O) groups excluding carboxylic acids is 2. The highest BCUT2D eigenvalue weighted by atomic mass is 32.2. The summed E-state index contributed by atoms with van der Waals surface area (Å²) in [5, 5.41) is 8.34. The fraction of sp³-hybridized carbons (Fsp3) is 0.351. The summed E-state index contributed by atoms with van der Waals surface area (Å²) >= 11 is -2.68. The number of fused-ring (bicyclic) bond motifs is 1. The Labute approximate surface area is 274 Å². The number of anilines is 1. The molecule has 0 aliphatic carbocycles. The quantitative estimate of drug-likeness (QED) is 0.126. The van der Waals surface area contributed by atoms with Gasteiger partial charge >= 0.3 is 0 Å². The summed E-state index contributed by atoms with van der Waals surface area (Å²) in [6, 6.07) is 28.9. The number of nitrogens with zero attached hydrogens (tertiary/aromatic N) is 2. The van der Waals surface area contributed by atoms with Crippen LogP contribution in [0.3, 0.4) is 0 Å². The molecule has 1 heterocycles. The first-order valence-electron chi connectivity index (χ1n) is 16.2. The largest absolute Gasteiger partial charge is 0.755 e. The predicted molar refractivity (Wildman–Crippen MR) is 184 cm³/mol. The molecule has 0 aromatic heterocycles. The van der Waals surface area contributed by atoms with Gasteiger partial charge < -0.3 is 20.1 Å². The molecule has 4 aromatic carbocycles. The van der Waals surface area contributed by atoms with Gasteiger partial charge in [-0.3, -0.25) is 18.1 Å². The van der Waals surface area contributed by atoms with Gasteiger partial charge in [0.25, 0.3) is 0 Å². The van der Waals surface area contributed by atoms with Crippen molar-refractivity contribution in [1.29, 1.82) is 0 Å². The van der Waals surface area contributed by atoms with E-state index in [0.29, 0.717) is 30.8 Å². The summed E-state index contributed by atoms with van der Waals surface area (Å²) in [6.07, 6.45) is 4.36. The van der Waals surface area contributed by atoms with Crippen LogP contribution in [0.15, 0.2) is 97.1 Å².